The number of rotatable bonds is 6. The van der Waals surface area contributed by atoms with E-state index in [2.05, 4.69) is 26.1 Å². The number of ether oxygens (including phenoxy) is 1. The average molecular weight is 304 g/mol. The van der Waals surface area contributed by atoms with Crippen molar-refractivity contribution in [2.45, 2.75) is 40.0 Å². The fourth-order valence-corrected chi connectivity index (χ4v) is 2.41. The molecule has 0 saturated carbocycles. The van der Waals surface area contributed by atoms with E-state index in [9.17, 15) is 9.59 Å². The number of carbonyl (C=O) groups excluding carboxylic acids is 2. The van der Waals surface area contributed by atoms with Crippen LogP contribution in [0.1, 0.15) is 40.0 Å². The molecule has 0 spiro atoms. The Morgan fingerprint density at radius 1 is 1.41 bits per heavy atom. The highest BCUT2D eigenvalue weighted by Crippen LogP contribution is 2.35. The molecule has 0 atom stereocenters. The molecule has 5 nitrogen and oxygen atoms in total. The number of hydrogen-bond donors (Lipinski definition) is 1. The van der Waals surface area contributed by atoms with Gasteiger partial charge >= 0.3 is 0 Å². The molecule has 0 aromatic heterocycles. The normalized spacial score (nSPS) is 13.8. The first-order valence-corrected chi connectivity index (χ1v) is 7.88. The molecule has 1 aromatic rings. The van der Waals surface area contributed by atoms with Crippen molar-refractivity contribution in [1.29, 1.82) is 0 Å². The Kier molecular flexibility index (Phi) is 5.41. The van der Waals surface area contributed by atoms with Crippen LogP contribution in [0.2, 0.25) is 0 Å². The molecule has 0 unspecified atom stereocenters. The average Bonchev–Trinajstić information content (AvgIpc) is 2.48. The monoisotopic (exact) mass is 304 g/mol. The van der Waals surface area contributed by atoms with E-state index in [1.165, 1.54) is 0 Å². The SMILES string of the molecule is CCCCC(=O)Nc1ccc2c(c1)N(CC(C)C)C(=O)CO2. The lowest BCUT2D eigenvalue weighted by Crippen LogP contribution is -2.41. The molecule has 1 heterocycles. The Morgan fingerprint density at radius 3 is 2.86 bits per heavy atom. The van der Waals surface area contributed by atoms with Crippen molar-refractivity contribution < 1.29 is 14.3 Å². The third-order valence-electron chi connectivity index (χ3n) is 3.49. The smallest absolute Gasteiger partial charge is 0.265 e. The molecule has 0 fully saturated rings. The second-order valence-corrected chi connectivity index (χ2v) is 6.02. The van der Waals surface area contributed by atoms with E-state index in [0.29, 0.717) is 30.3 Å². The summed E-state index contributed by atoms with van der Waals surface area (Å²) in [5.74, 6) is 1.00. The molecule has 0 saturated heterocycles. The number of carbonyl (C=O) groups is 2. The third kappa shape index (κ3) is 4.00. The van der Waals surface area contributed by atoms with E-state index in [0.717, 1.165) is 18.5 Å². The lowest BCUT2D eigenvalue weighted by atomic mass is 10.1. The fraction of sp³-hybridized carbons (Fsp3) is 0.529. The topological polar surface area (TPSA) is 58.6 Å². The summed E-state index contributed by atoms with van der Waals surface area (Å²) >= 11 is 0. The van der Waals surface area contributed by atoms with Crippen LogP contribution in [0.25, 0.3) is 0 Å². The van der Waals surface area contributed by atoms with Gasteiger partial charge in [-0.15, -0.1) is 0 Å². The van der Waals surface area contributed by atoms with Gasteiger partial charge in [-0.25, -0.2) is 0 Å². The molecule has 0 aliphatic carbocycles. The van der Waals surface area contributed by atoms with Crippen LogP contribution in [0.5, 0.6) is 5.75 Å². The summed E-state index contributed by atoms with van der Waals surface area (Å²) in [5, 5.41) is 2.88. The Bertz CT molecular complexity index is 555. The minimum absolute atomic E-state index is 0.000244. The molecule has 1 aromatic carbocycles. The maximum atomic E-state index is 12.1. The van der Waals surface area contributed by atoms with Crippen molar-refractivity contribution in [3.8, 4) is 5.75 Å². The Labute approximate surface area is 131 Å². The van der Waals surface area contributed by atoms with Gasteiger partial charge in [0.1, 0.15) is 5.75 Å². The first-order chi connectivity index (χ1) is 10.5. The van der Waals surface area contributed by atoms with Gasteiger partial charge in [0.25, 0.3) is 5.91 Å². The maximum Gasteiger partial charge on any atom is 0.265 e. The number of amides is 2. The summed E-state index contributed by atoms with van der Waals surface area (Å²) in [7, 11) is 0. The van der Waals surface area contributed by atoms with Crippen molar-refractivity contribution in [1.82, 2.24) is 0 Å². The molecule has 22 heavy (non-hydrogen) atoms. The van der Waals surface area contributed by atoms with Crippen LogP contribution >= 0.6 is 0 Å². The molecular formula is C17H24N2O3. The summed E-state index contributed by atoms with van der Waals surface area (Å²) in [4.78, 5) is 25.7. The highest BCUT2D eigenvalue weighted by atomic mass is 16.5. The van der Waals surface area contributed by atoms with Crippen LogP contribution < -0.4 is 15.0 Å². The zero-order valence-electron chi connectivity index (χ0n) is 13.5. The maximum absolute atomic E-state index is 12.1. The van der Waals surface area contributed by atoms with Gasteiger partial charge < -0.3 is 15.0 Å². The number of fused-ring (bicyclic) bond motifs is 1. The lowest BCUT2D eigenvalue weighted by Gasteiger charge is -2.31. The Morgan fingerprint density at radius 2 is 2.18 bits per heavy atom. The largest absolute Gasteiger partial charge is 0.482 e. The minimum Gasteiger partial charge on any atom is -0.482 e. The molecule has 120 valence electrons. The van der Waals surface area contributed by atoms with Crippen LogP contribution in [-0.4, -0.2) is 25.0 Å². The number of nitrogens with zero attached hydrogens (tertiary/aromatic N) is 1. The van der Waals surface area contributed by atoms with Gasteiger partial charge in [0.2, 0.25) is 5.91 Å². The van der Waals surface area contributed by atoms with Gasteiger partial charge in [-0.05, 0) is 30.5 Å². The summed E-state index contributed by atoms with van der Waals surface area (Å²) < 4.78 is 5.47. The quantitative estimate of drug-likeness (QED) is 0.878. The fourth-order valence-electron chi connectivity index (χ4n) is 2.41. The summed E-state index contributed by atoms with van der Waals surface area (Å²) in [6.45, 7) is 6.90. The second kappa shape index (κ2) is 7.29. The van der Waals surface area contributed by atoms with Crippen LogP contribution in [0.3, 0.4) is 0 Å². The van der Waals surface area contributed by atoms with Gasteiger partial charge in [0.15, 0.2) is 6.61 Å². The first kappa shape index (κ1) is 16.3. The van der Waals surface area contributed by atoms with Crippen molar-refractivity contribution in [3.63, 3.8) is 0 Å². The second-order valence-electron chi connectivity index (χ2n) is 6.02. The number of anilines is 2. The third-order valence-corrected chi connectivity index (χ3v) is 3.49. The number of unbranched alkanes of at least 4 members (excludes halogenated alkanes) is 1. The molecule has 0 radical (unpaired) electrons. The Balaban J connectivity index is 2.18. The zero-order valence-corrected chi connectivity index (χ0v) is 13.5. The van der Waals surface area contributed by atoms with Crippen LogP contribution in [0.4, 0.5) is 11.4 Å². The molecule has 1 N–H and O–H groups in total. The lowest BCUT2D eigenvalue weighted by molar-refractivity contribution is -0.121. The highest BCUT2D eigenvalue weighted by Gasteiger charge is 2.26. The number of hydrogen-bond acceptors (Lipinski definition) is 3. The van der Waals surface area contributed by atoms with Crippen molar-refractivity contribution >= 4 is 23.2 Å². The van der Waals surface area contributed by atoms with Gasteiger partial charge in [-0.3, -0.25) is 9.59 Å². The van der Waals surface area contributed by atoms with E-state index in [-0.39, 0.29) is 18.4 Å². The highest BCUT2D eigenvalue weighted by molar-refractivity contribution is 5.99. The first-order valence-electron chi connectivity index (χ1n) is 7.88. The van der Waals surface area contributed by atoms with Crippen molar-refractivity contribution in [2.24, 2.45) is 5.92 Å². The van der Waals surface area contributed by atoms with Gasteiger partial charge in [-0.2, -0.15) is 0 Å². The summed E-state index contributed by atoms with van der Waals surface area (Å²) in [6, 6.07) is 5.44. The van der Waals surface area contributed by atoms with Crippen LogP contribution in [-0.2, 0) is 9.59 Å². The zero-order chi connectivity index (χ0) is 16.1. The molecule has 2 rings (SSSR count). The summed E-state index contributed by atoms with van der Waals surface area (Å²) in [6.07, 6.45) is 2.37. The molecule has 5 heteroatoms. The Hall–Kier alpha value is -2.04. The van der Waals surface area contributed by atoms with E-state index in [1.54, 1.807) is 4.90 Å². The van der Waals surface area contributed by atoms with E-state index in [1.807, 2.05) is 18.2 Å². The van der Waals surface area contributed by atoms with Crippen LogP contribution in [0, 0.1) is 5.92 Å². The molecule has 0 bridgehead atoms. The molecule has 1 aliphatic rings. The van der Waals surface area contributed by atoms with Crippen molar-refractivity contribution in [3.05, 3.63) is 18.2 Å². The predicted octanol–water partition coefficient (Wildman–Crippen LogP) is 3.20. The number of nitrogens with one attached hydrogen (secondary N) is 1. The standard InChI is InChI=1S/C17H24N2O3/c1-4-5-6-16(20)18-13-7-8-15-14(9-13)19(10-12(2)3)17(21)11-22-15/h7-9,12H,4-6,10-11H2,1-3H3,(H,18,20). The number of benzene rings is 1. The molecular weight excluding hydrogens is 280 g/mol. The van der Waals surface area contributed by atoms with Gasteiger partial charge in [0, 0.05) is 18.7 Å². The van der Waals surface area contributed by atoms with Gasteiger partial charge in [-0.1, -0.05) is 27.2 Å². The van der Waals surface area contributed by atoms with E-state index in [4.69, 9.17) is 4.74 Å². The predicted molar refractivity (Wildman–Crippen MR) is 87.3 cm³/mol. The molecule has 1 aliphatic heterocycles. The minimum atomic E-state index is -0.0457. The van der Waals surface area contributed by atoms with Gasteiger partial charge in [0.05, 0.1) is 5.69 Å². The van der Waals surface area contributed by atoms with E-state index >= 15 is 0 Å². The van der Waals surface area contributed by atoms with Crippen LogP contribution in [0.15, 0.2) is 18.2 Å². The summed E-state index contributed by atoms with van der Waals surface area (Å²) in [5.41, 5.74) is 1.44. The van der Waals surface area contributed by atoms with Crippen molar-refractivity contribution in [2.75, 3.05) is 23.4 Å². The molecule has 2 amide bonds. The van der Waals surface area contributed by atoms with E-state index < -0.39 is 0 Å².